The zero-order valence-electron chi connectivity index (χ0n) is 25.5. The second kappa shape index (κ2) is 16.1. The van der Waals surface area contributed by atoms with Crippen LogP contribution in [0.5, 0.6) is 5.75 Å². The maximum Gasteiger partial charge on any atom is 0.335 e. The number of ether oxygens (including phenoxy) is 1. The van der Waals surface area contributed by atoms with Crippen LogP contribution in [0.3, 0.4) is 0 Å². The van der Waals surface area contributed by atoms with Crippen molar-refractivity contribution in [3.8, 4) is 5.75 Å². The molecule has 0 aliphatic carbocycles. The summed E-state index contributed by atoms with van der Waals surface area (Å²) in [4.78, 5) is 73.0. The lowest BCUT2D eigenvalue weighted by atomic mass is 9.98. The molecule has 3 unspecified atom stereocenters. The van der Waals surface area contributed by atoms with Gasteiger partial charge in [0.15, 0.2) is 0 Å². The lowest BCUT2D eigenvalue weighted by Gasteiger charge is -2.37. The largest absolute Gasteiger partial charge is 0.497 e. The van der Waals surface area contributed by atoms with Crippen LogP contribution in [-0.2, 0) is 36.6 Å². The highest BCUT2D eigenvalue weighted by atomic mass is 32.2. The van der Waals surface area contributed by atoms with E-state index in [9.17, 15) is 33.5 Å². The minimum Gasteiger partial charge on any atom is -0.497 e. The van der Waals surface area contributed by atoms with E-state index in [0.717, 1.165) is 28.1 Å². The van der Waals surface area contributed by atoms with Gasteiger partial charge in [0.05, 0.1) is 19.0 Å². The average molecular weight is 671 g/mol. The maximum atomic E-state index is 13.9. The van der Waals surface area contributed by atoms with Crippen molar-refractivity contribution in [1.82, 2.24) is 15.5 Å². The van der Waals surface area contributed by atoms with Crippen LogP contribution in [0.25, 0.3) is 10.8 Å². The molecule has 0 spiro atoms. The van der Waals surface area contributed by atoms with Crippen molar-refractivity contribution in [2.24, 2.45) is 5.73 Å². The van der Waals surface area contributed by atoms with E-state index >= 15 is 0 Å². The Balaban J connectivity index is 1.47. The van der Waals surface area contributed by atoms with E-state index in [4.69, 9.17) is 10.5 Å². The minimum absolute atomic E-state index is 0.0457. The third kappa shape index (κ3) is 10.1. The van der Waals surface area contributed by atoms with Crippen LogP contribution >= 0.6 is 19.4 Å². The number of fused-ring (bicyclic) bond motifs is 1. The number of nitrogens with zero attached hydrogens (tertiary/aromatic N) is 1. The number of hydrogen-bond donors (Lipinski definition) is 5. The van der Waals surface area contributed by atoms with Crippen LogP contribution in [0.2, 0.25) is 0 Å². The Morgan fingerprint density at radius 1 is 0.978 bits per heavy atom. The molecule has 4 rings (SSSR count). The third-order valence-electron chi connectivity index (χ3n) is 7.70. The molecule has 4 amide bonds. The maximum absolute atomic E-state index is 13.9. The summed E-state index contributed by atoms with van der Waals surface area (Å²) in [6.45, 7) is 0.233. The fourth-order valence-corrected chi connectivity index (χ4v) is 7.23. The van der Waals surface area contributed by atoms with E-state index in [1.165, 1.54) is 12.0 Å². The van der Waals surface area contributed by atoms with E-state index in [2.05, 4.69) is 10.6 Å². The van der Waals surface area contributed by atoms with Crippen LogP contribution in [-0.4, -0.2) is 81.3 Å². The van der Waals surface area contributed by atoms with Gasteiger partial charge < -0.3 is 35.8 Å². The molecule has 3 aromatic carbocycles. The van der Waals surface area contributed by atoms with E-state index in [1.54, 1.807) is 24.3 Å². The predicted molar refractivity (Wildman–Crippen MR) is 176 cm³/mol. The van der Waals surface area contributed by atoms with Gasteiger partial charge in [0.2, 0.25) is 23.6 Å². The SMILES string of the molecule is COc1ccc(CC(=O)NC(CSCP(=O)(O)O)C(=O)N2CCCCC2C(=O)NC(Cc2ccc3ccccc3c2)C(N)=O)cc1. The molecule has 1 aliphatic heterocycles. The normalized spacial score (nSPS) is 16.3. The summed E-state index contributed by atoms with van der Waals surface area (Å²) in [5.74, 6) is -1.77. The monoisotopic (exact) mass is 670 g/mol. The first-order valence-corrected chi connectivity index (χ1v) is 17.8. The van der Waals surface area contributed by atoms with Gasteiger partial charge in [-0.2, -0.15) is 0 Å². The van der Waals surface area contributed by atoms with Crippen molar-refractivity contribution in [3.05, 3.63) is 77.9 Å². The molecule has 0 aromatic heterocycles. The first-order chi connectivity index (χ1) is 21.9. The van der Waals surface area contributed by atoms with Gasteiger partial charge in [-0.1, -0.05) is 54.6 Å². The summed E-state index contributed by atoms with van der Waals surface area (Å²) < 4.78 is 16.6. The number of hydrogen-bond acceptors (Lipinski definition) is 7. The number of nitrogens with one attached hydrogen (secondary N) is 2. The number of rotatable bonds is 14. The van der Waals surface area contributed by atoms with Gasteiger partial charge in [-0.25, -0.2) is 0 Å². The molecule has 1 saturated heterocycles. The van der Waals surface area contributed by atoms with Gasteiger partial charge in [-0.05, 0) is 53.3 Å². The van der Waals surface area contributed by atoms with Crippen molar-refractivity contribution in [2.75, 3.05) is 24.9 Å². The number of carbonyl (C=O) groups is 4. The van der Waals surface area contributed by atoms with Crippen molar-refractivity contribution in [2.45, 2.75) is 50.2 Å². The second-order valence-corrected chi connectivity index (χ2v) is 14.3. The van der Waals surface area contributed by atoms with E-state index in [1.807, 2.05) is 42.5 Å². The molecule has 12 nitrogen and oxygen atoms in total. The first-order valence-electron chi connectivity index (χ1n) is 14.9. The summed E-state index contributed by atoms with van der Waals surface area (Å²) in [5.41, 5.74) is 6.63. The number of nitrogens with two attached hydrogens (primary N) is 1. The molecule has 14 heteroatoms. The van der Waals surface area contributed by atoms with Crippen molar-refractivity contribution in [1.29, 1.82) is 0 Å². The fourth-order valence-electron chi connectivity index (χ4n) is 5.40. The number of primary amides is 1. The summed E-state index contributed by atoms with van der Waals surface area (Å²) >= 11 is 0.836. The van der Waals surface area contributed by atoms with Crippen LogP contribution < -0.4 is 21.1 Å². The Morgan fingerprint density at radius 2 is 1.67 bits per heavy atom. The number of piperidine rings is 1. The number of benzene rings is 3. The van der Waals surface area contributed by atoms with E-state index in [-0.39, 0.29) is 25.1 Å². The Morgan fingerprint density at radius 3 is 2.35 bits per heavy atom. The molecule has 1 fully saturated rings. The number of thioether (sulfide) groups is 1. The summed E-state index contributed by atoms with van der Waals surface area (Å²) in [5, 5.41) is 7.46. The summed E-state index contributed by atoms with van der Waals surface area (Å²) in [6, 6.07) is 17.2. The molecule has 1 heterocycles. The molecule has 1 aliphatic rings. The van der Waals surface area contributed by atoms with Crippen LogP contribution in [0.1, 0.15) is 30.4 Å². The lowest BCUT2D eigenvalue weighted by molar-refractivity contribution is -0.145. The molecule has 0 saturated carbocycles. The van der Waals surface area contributed by atoms with Gasteiger partial charge in [0.1, 0.15) is 23.9 Å². The van der Waals surface area contributed by atoms with E-state index in [0.29, 0.717) is 30.6 Å². The van der Waals surface area contributed by atoms with Gasteiger partial charge in [-0.15, -0.1) is 11.8 Å². The van der Waals surface area contributed by atoms with Crippen LogP contribution in [0.15, 0.2) is 66.7 Å². The quantitative estimate of drug-likeness (QED) is 0.160. The lowest BCUT2D eigenvalue weighted by Crippen LogP contribution is -2.60. The van der Waals surface area contributed by atoms with Gasteiger partial charge in [0.25, 0.3) is 0 Å². The number of methoxy groups -OCH3 is 1. The number of amides is 4. The Kier molecular flexibility index (Phi) is 12.2. The molecule has 3 atom stereocenters. The zero-order chi connectivity index (χ0) is 33.3. The number of carbonyl (C=O) groups excluding carboxylic acids is 4. The first kappa shape index (κ1) is 35.0. The molecule has 0 bridgehead atoms. The highest BCUT2D eigenvalue weighted by molar-refractivity contribution is 8.04. The fraction of sp³-hybridized carbons (Fsp3) is 0.375. The van der Waals surface area contributed by atoms with Gasteiger partial charge in [-0.3, -0.25) is 23.7 Å². The molecule has 6 N–H and O–H groups in total. The standard InChI is InChI=1S/C32H39N4O8PS/c1-44-25-13-10-21(11-14-25)18-29(37)34-27(19-46-20-45(41,42)43)32(40)36-15-5-4-8-28(36)31(39)35-26(30(33)38)17-22-9-12-23-6-2-3-7-24(23)16-22/h2-3,6-7,9-14,16,26-28H,4-5,8,15,17-20H2,1H3,(H2,33,38)(H,34,37)(H,35,39)(H2,41,42,43). The molecule has 3 aromatic rings. The van der Waals surface area contributed by atoms with Gasteiger partial charge in [0, 0.05) is 18.7 Å². The number of likely N-dealkylation sites (tertiary alicyclic amines) is 1. The Bertz CT molecular complexity index is 1600. The predicted octanol–water partition coefficient (Wildman–Crippen LogP) is 2.34. The van der Waals surface area contributed by atoms with Crippen molar-refractivity contribution >= 4 is 53.8 Å². The van der Waals surface area contributed by atoms with Crippen molar-refractivity contribution in [3.63, 3.8) is 0 Å². The summed E-state index contributed by atoms with van der Waals surface area (Å²) in [7, 11) is -2.84. The topological polar surface area (TPSA) is 188 Å². The average Bonchev–Trinajstić information content (AvgIpc) is 3.03. The summed E-state index contributed by atoms with van der Waals surface area (Å²) in [6.07, 6.45) is 1.73. The molecule has 246 valence electrons. The molecular formula is C32H39N4O8PS. The van der Waals surface area contributed by atoms with Crippen LogP contribution in [0.4, 0.5) is 0 Å². The smallest absolute Gasteiger partial charge is 0.335 e. The highest BCUT2D eigenvalue weighted by Gasteiger charge is 2.37. The highest BCUT2D eigenvalue weighted by Crippen LogP contribution is 2.38. The zero-order valence-corrected chi connectivity index (χ0v) is 27.2. The molecular weight excluding hydrogens is 631 g/mol. The van der Waals surface area contributed by atoms with Gasteiger partial charge >= 0.3 is 7.60 Å². The second-order valence-electron chi connectivity index (χ2n) is 11.2. The molecule has 0 radical (unpaired) electrons. The van der Waals surface area contributed by atoms with Crippen LogP contribution in [0, 0.1) is 0 Å². The van der Waals surface area contributed by atoms with E-state index < -0.39 is 54.8 Å². The third-order valence-corrected chi connectivity index (χ3v) is 10.3. The van der Waals surface area contributed by atoms with Crippen molar-refractivity contribution < 1.29 is 38.3 Å². The molecule has 46 heavy (non-hydrogen) atoms. The Hall–Kier alpha value is -3.90. The minimum atomic E-state index is -4.37. The Labute approximate surface area is 271 Å².